The molecule has 5 nitrogen and oxygen atoms in total. The van der Waals surface area contributed by atoms with E-state index in [1.165, 1.54) is 11.3 Å². The second-order valence-electron chi connectivity index (χ2n) is 6.38. The highest BCUT2D eigenvalue weighted by Gasteiger charge is 2.15. The average molecular weight is 413 g/mol. The van der Waals surface area contributed by atoms with Crippen LogP contribution in [0.25, 0.3) is 10.2 Å². The molecule has 0 saturated carbocycles. The summed E-state index contributed by atoms with van der Waals surface area (Å²) in [6.07, 6.45) is 0. The Morgan fingerprint density at radius 1 is 1.21 bits per heavy atom. The fraction of sp³-hybridized carbons (Fsp3) is 0.143. The number of hydrogen-bond acceptors (Lipinski definition) is 5. The lowest BCUT2D eigenvalue weighted by Crippen LogP contribution is -2.10. The van der Waals surface area contributed by atoms with E-state index < -0.39 is 0 Å². The maximum atomic E-state index is 12.5. The van der Waals surface area contributed by atoms with Gasteiger partial charge in [-0.2, -0.15) is 0 Å². The topological polar surface area (TPSA) is 64.4 Å². The molecule has 28 heavy (non-hydrogen) atoms. The molecular formula is C21H17ClN2O3S. The number of ether oxygens (including phenoxy) is 1. The zero-order chi connectivity index (χ0) is 19.7. The van der Waals surface area contributed by atoms with Gasteiger partial charge in [0.1, 0.15) is 18.1 Å². The number of nitrogens with one attached hydrogen (secondary N) is 1. The van der Waals surface area contributed by atoms with Crippen LogP contribution in [0.5, 0.6) is 5.75 Å². The number of fused-ring (bicyclic) bond motifs is 1. The molecular weight excluding hydrogens is 396 g/mol. The summed E-state index contributed by atoms with van der Waals surface area (Å²) in [6, 6.07) is 14.9. The van der Waals surface area contributed by atoms with Crippen LogP contribution in [-0.4, -0.2) is 10.9 Å². The number of nitrogens with zero attached hydrogens (tertiary/aromatic N) is 1. The van der Waals surface area contributed by atoms with Crippen molar-refractivity contribution < 1.29 is 13.9 Å². The number of furan rings is 1. The largest absolute Gasteiger partial charge is 0.484 e. The molecule has 2 heterocycles. The van der Waals surface area contributed by atoms with Gasteiger partial charge in [0.2, 0.25) is 0 Å². The zero-order valence-electron chi connectivity index (χ0n) is 15.3. The summed E-state index contributed by atoms with van der Waals surface area (Å²) in [6.45, 7) is 4.12. The van der Waals surface area contributed by atoms with Crippen molar-refractivity contribution in [2.75, 3.05) is 5.32 Å². The molecule has 142 valence electrons. The molecule has 7 heteroatoms. The Balaban J connectivity index is 1.43. The van der Waals surface area contributed by atoms with Crippen molar-refractivity contribution in [2.45, 2.75) is 20.5 Å². The van der Waals surface area contributed by atoms with Crippen molar-refractivity contribution in [2.24, 2.45) is 0 Å². The lowest BCUT2D eigenvalue weighted by atomic mass is 10.2. The molecule has 0 radical (unpaired) electrons. The van der Waals surface area contributed by atoms with Crippen LogP contribution >= 0.6 is 22.9 Å². The summed E-state index contributed by atoms with van der Waals surface area (Å²) in [5.74, 6) is 0.988. The van der Waals surface area contributed by atoms with Gasteiger partial charge >= 0.3 is 0 Å². The summed E-state index contributed by atoms with van der Waals surface area (Å²) in [5.41, 5.74) is 2.94. The quantitative estimate of drug-likeness (QED) is 0.437. The minimum absolute atomic E-state index is 0.179. The first-order valence-corrected chi connectivity index (χ1v) is 9.84. The number of amides is 1. The van der Waals surface area contributed by atoms with Gasteiger partial charge in [0, 0.05) is 0 Å². The summed E-state index contributed by atoms with van der Waals surface area (Å²) in [4.78, 5) is 16.9. The smallest absolute Gasteiger partial charge is 0.293 e. The number of carbonyl (C=O) groups is 1. The molecule has 0 bridgehead atoms. The minimum atomic E-state index is -0.351. The van der Waals surface area contributed by atoms with Crippen molar-refractivity contribution in [1.82, 2.24) is 4.98 Å². The van der Waals surface area contributed by atoms with Crippen LogP contribution in [0.15, 0.2) is 52.9 Å². The molecule has 0 aliphatic carbocycles. The van der Waals surface area contributed by atoms with Crippen LogP contribution in [0.2, 0.25) is 5.02 Å². The molecule has 4 aromatic rings. The third-order valence-electron chi connectivity index (χ3n) is 4.17. The van der Waals surface area contributed by atoms with Crippen LogP contribution in [0.3, 0.4) is 0 Å². The van der Waals surface area contributed by atoms with Gasteiger partial charge in [-0.25, -0.2) is 4.98 Å². The molecule has 0 aliphatic rings. The Labute approximate surface area is 170 Å². The SMILES string of the molecule is Cc1ccc2nc(NC(=O)c3ccc(COc4c(C)cccc4Cl)o3)sc2c1. The van der Waals surface area contributed by atoms with Crippen LogP contribution in [0.4, 0.5) is 5.13 Å². The van der Waals surface area contributed by atoms with Gasteiger partial charge in [0.25, 0.3) is 5.91 Å². The van der Waals surface area contributed by atoms with Gasteiger partial charge in [-0.05, 0) is 55.3 Å². The Kier molecular flexibility index (Phi) is 5.07. The first-order chi connectivity index (χ1) is 13.5. The maximum Gasteiger partial charge on any atom is 0.293 e. The van der Waals surface area contributed by atoms with Crippen molar-refractivity contribution in [3.63, 3.8) is 0 Å². The van der Waals surface area contributed by atoms with E-state index >= 15 is 0 Å². The third-order valence-corrected chi connectivity index (χ3v) is 5.40. The standard InChI is InChI=1S/C21H17ClN2O3S/c1-12-6-8-16-18(10-12)28-21(23-16)24-20(25)17-9-7-14(27-17)11-26-19-13(2)4-3-5-15(19)22/h3-10H,11H2,1-2H3,(H,23,24,25). The number of hydrogen-bond donors (Lipinski definition) is 1. The fourth-order valence-electron chi connectivity index (χ4n) is 2.76. The van der Waals surface area contributed by atoms with Gasteiger partial charge in [0.05, 0.1) is 15.2 Å². The van der Waals surface area contributed by atoms with Crippen molar-refractivity contribution in [3.05, 3.63) is 76.2 Å². The zero-order valence-corrected chi connectivity index (χ0v) is 16.9. The molecule has 4 rings (SSSR count). The molecule has 0 aliphatic heterocycles. The van der Waals surface area contributed by atoms with Gasteiger partial charge in [-0.3, -0.25) is 10.1 Å². The molecule has 1 amide bonds. The molecule has 0 saturated heterocycles. The lowest BCUT2D eigenvalue weighted by Gasteiger charge is -2.09. The monoisotopic (exact) mass is 412 g/mol. The van der Waals surface area contributed by atoms with E-state index in [9.17, 15) is 4.79 Å². The van der Waals surface area contributed by atoms with Gasteiger partial charge in [-0.1, -0.05) is 41.1 Å². The van der Waals surface area contributed by atoms with E-state index in [-0.39, 0.29) is 18.3 Å². The fourth-order valence-corrected chi connectivity index (χ4v) is 4.00. The summed E-state index contributed by atoms with van der Waals surface area (Å²) >= 11 is 7.59. The number of rotatable bonds is 5. The van der Waals surface area contributed by atoms with E-state index in [1.54, 1.807) is 18.2 Å². The molecule has 2 aromatic carbocycles. The van der Waals surface area contributed by atoms with E-state index in [4.69, 9.17) is 20.8 Å². The highest BCUT2D eigenvalue weighted by molar-refractivity contribution is 7.22. The number of para-hydroxylation sites is 1. The number of benzene rings is 2. The predicted molar refractivity (Wildman–Crippen MR) is 112 cm³/mol. The molecule has 1 N–H and O–H groups in total. The maximum absolute atomic E-state index is 12.5. The van der Waals surface area contributed by atoms with Gasteiger partial charge in [0.15, 0.2) is 10.9 Å². The number of halogens is 1. The highest BCUT2D eigenvalue weighted by Crippen LogP contribution is 2.29. The number of thiazole rings is 1. The highest BCUT2D eigenvalue weighted by atomic mass is 35.5. The third kappa shape index (κ3) is 3.88. The first kappa shape index (κ1) is 18.5. The Hall–Kier alpha value is -2.83. The minimum Gasteiger partial charge on any atom is -0.484 e. The number of aromatic nitrogens is 1. The Morgan fingerprint density at radius 3 is 2.89 bits per heavy atom. The first-order valence-electron chi connectivity index (χ1n) is 8.65. The van der Waals surface area contributed by atoms with Gasteiger partial charge < -0.3 is 9.15 Å². The second-order valence-corrected chi connectivity index (χ2v) is 7.82. The molecule has 0 unspecified atom stereocenters. The average Bonchev–Trinajstić information content (AvgIpc) is 3.27. The number of carbonyl (C=O) groups excluding carboxylic acids is 1. The molecule has 0 atom stereocenters. The van der Waals surface area contributed by atoms with Crippen LogP contribution in [0, 0.1) is 13.8 Å². The Morgan fingerprint density at radius 2 is 2.07 bits per heavy atom. The summed E-state index contributed by atoms with van der Waals surface area (Å²) in [5, 5.41) is 3.86. The van der Waals surface area contributed by atoms with Crippen LogP contribution in [0.1, 0.15) is 27.4 Å². The van der Waals surface area contributed by atoms with Crippen molar-refractivity contribution >= 4 is 44.2 Å². The molecule has 0 fully saturated rings. The Bertz CT molecular complexity index is 1150. The van der Waals surface area contributed by atoms with E-state index in [2.05, 4.69) is 10.3 Å². The molecule has 0 spiro atoms. The normalized spacial score (nSPS) is 11.0. The van der Waals surface area contributed by atoms with Crippen LogP contribution in [-0.2, 0) is 6.61 Å². The summed E-state index contributed by atoms with van der Waals surface area (Å²) < 4.78 is 12.4. The van der Waals surface area contributed by atoms with Crippen molar-refractivity contribution in [3.8, 4) is 5.75 Å². The van der Waals surface area contributed by atoms with E-state index in [0.29, 0.717) is 21.7 Å². The summed E-state index contributed by atoms with van der Waals surface area (Å²) in [7, 11) is 0. The lowest BCUT2D eigenvalue weighted by molar-refractivity contribution is 0.0992. The van der Waals surface area contributed by atoms with Crippen molar-refractivity contribution in [1.29, 1.82) is 0 Å². The van der Waals surface area contributed by atoms with Gasteiger partial charge in [-0.15, -0.1) is 0 Å². The van der Waals surface area contributed by atoms with Crippen LogP contribution < -0.4 is 10.1 Å². The second kappa shape index (κ2) is 7.66. The number of anilines is 1. The molecule has 2 aromatic heterocycles. The number of aryl methyl sites for hydroxylation is 2. The van der Waals surface area contributed by atoms with E-state index in [0.717, 1.165) is 21.3 Å². The predicted octanol–water partition coefficient (Wildman–Crippen LogP) is 5.99. The van der Waals surface area contributed by atoms with E-state index in [1.807, 2.05) is 44.2 Å².